The van der Waals surface area contributed by atoms with Gasteiger partial charge in [-0.05, 0) is 56.0 Å². The summed E-state index contributed by atoms with van der Waals surface area (Å²) in [6.07, 6.45) is 0.544. The van der Waals surface area contributed by atoms with Gasteiger partial charge in [0.1, 0.15) is 5.82 Å². The molecule has 0 unspecified atom stereocenters. The largest absolute Gasteiger partial charge is 0.416 e. The highest BCUT2D eigenvalue weighted by Gasteiger charge is 2.32. The van der Waals surface area contributed by atoms with Crippen LogP contribution in [0.4, 0.5) is 17.6 Å². The lowest BCUT2D eigenvalue weighted by Gasteiger charge is -2.38. The zero-order valence-electron chi connectivity index (χ0n) is 19.2. The standard InChI is InChI=1S/C22H35F4N3O2S/c1-16(2)15-32(3,4,31)28-7-10-29-8-5-17(6-9-29)14-27-21(30)18-11-19(22(24,25)26)13-20(23)12-18/h11-13,16-17H,5-10,14-15H2,1-4H3,(H,27,30)(H,28,31). The predicted octanol–water partition coefficient (Wildman–Crippen LogP) is 3.53. The van der Waals surface area contributed by atoms with Crippen LogP contribution in [-0.4, -0.2) is 66.0 Å². The zero-order chi connectivity index (χ0) is 24.2. The number of likely N-dealkylation sites (tertiary alicyclic amines) is 1. The number of nitrogens with one attached hydrogen (secondary N) is 2. The summed E-state index contributed by atoms with van der Waals surface area (Å²) in [6, 6.07) is 1.86. The molecule has 184 valence electrons. The van der Waals surface area contributed by atoms with E-state index in [2.05, 4.69) is 28.8 Å². The number of alkyl halides is 3. The molecule has 1 aromatic carbocycles. The monoisotopic (exact) mass is 481 g/mol. The fourth-order valence-electron chi connectivity index (χ4n) is 4.19. The summed E-state index contributed by atoms with van der Waals surface area (Å²) >= 11 is 0. The van der Waals surface area contributed by atoms with E-state index in [1.54, 1.807) is 12.5 Å². The lowest BCUT2D eigenvalue weighted by Crippen LogP contribution is -2.52. The number of nitrogens with zero attached hydrogens (tertiary/aromatic N) is 1. The third-order valence-corrected chi connectivity index (χ3v) is 8.28. The molecule has 0 spiro atoms. The number of benzene rings is 1. The number of carbonyl (C=O) groups is 1. The van der Waals surface area contributed by atoms with E-state index in [4.69, 9.17) is 0 Å². The molecule has 10 heteroatoms. The van der Waals surface area contributed by atoms with Crippen LogP contribution in [0.2, 0.25) is 0 Å². The van der Waals surface area contributed by atoms with Crippen LogP contribution in [0.25, 0.3) is 0 Å². The summed E-state index contributed by atoms with van der Waals surface area (Å²) in [4.78, 5) is 14.5. The Morgan fingerprint density at radius 1 is 1.19 bits per heavy atom. The van der Waals surface area contributed by atoms with Gasteiger partial charge >= 0.3 is 6.18 Å². The van der Waals surface area contributed by atoms with Crippen LogP contribution in [0.1, 0.15) is 42.6 Å². The van der Waals surface area contributed by atoms with Gasteiger partial charge in [-0.1, -0.05) is 23.1 Å². The Labute approximate surface area is 187 Å². The van der Waals surface area contributed by atoms with E-state index in [1.807, 2.05) is 0 Å². The molecule has 0 atom stereocenters. The SMILES string of the molecule is CC(C)CS(C)(C)(=O)NCCN1CCC(CNC(=O)c2cc(F)cc(C(F)(F)F)c2)CC1. The normalized spacial score (nSPS) is 17.8. The third kappa shape index (κ3) is 8.78. The number of carbonyl (C=O) groups excluding carboxylic acids is 1. The highest BCUT2D eigenvalue weighted by molar-refractivity contribution is 8.17. The molecule has 1 aromatic rings. The first-order valence-electron chi connectivity index (χ1n) is 10.9. The Morgan fingerprint density at radius 2 is 1.81 bits per heavy atom. The van der Waals surface area contributed by atoms with Crippen LogP contribution < -0.4 is 10.0 Å². The molecule has 0 aliphatic carbocycles. The number of rotatable bonds is 9. The topological polar surface area (TPSA) is 61.4 Å². The molecule has 1 aliphatic rings. The van der Waals surface area contributed by atoms with E-state index >= 15 is 0 Å². The minimum atomic E-state index is -4.71. The lowest BCUT2D eigenvalue weighted by atomic mass is 9.96. The minimum absolute atomic E-state index is 0.203. The van der Waals surface area contributed by atoms with Crippen LogP contribution in [0.3, 0.4) is 0 Å². The highest BCUT2D eigenvalue weighted by atomic mass is 32.3. The van der Waals surface area contributed by atoms with Crippen LogP contribution in [0.15, 0.2) is 18.2 Å². The Bertz CT molecular complexity index is 859. The van der Waals surface area contributed by atoms with E-state index in [0.717, 1.165) is 38.5 Å². The van der Waals surface area contributed by atoms with Gasteiger partial charge in [0.15, 0.2) is 0 Å². The molecule has 0 aromatic heterocycles. The van der Waals surface area contributed by atoms with Gasteiger partial charge in [0.2, 0.25) is 0 Å². The summed E-state index contributed by atoms with van der Waals surface area (Å²) in [5.74, 6) is -0.622. The molecule has 32 heavy (non-hydrogen) atoms. The maximum Gasteiger partial charge on any atom is 0.416 e. The minimum Gasteiger partial charge on any atom is -0.352 e. The molecular weight excluding hydrogens is 446 g/mol. The zero-order valence-corrected chi connectivity index (χ0v) is 20.0. The molecule has 1 amide bonds. The number of hydrogen-bond acceptors (Lipinski definition) is 3. The van der Waals surface area contributed by atoms with Gasteiger partial charge in [-0.3, -0.25) is 13.7 Å². The van der Waals surface area contributed by atoms with E-state index in [1.165, 1.54) is 0 Å². The van der Waals surface area contributed by atoms with Gasteiger partial charge in [0, 0.05) is 43.5 Å². The van der Waals surface area contributed by atoms with Crippen molar-refractivity contribution in [3.05, 3.63) is 35.1 Å². The van der Waals surface area contributed by atoms with Crippen molar-refractivity contribution in [3.63, 3.8) is 0 Å². The fourth-order valence-corrected chi connectivity index (χ4v) is 6.97. The summed E-state index contributed by atoms with van der Waals surface area (Å²) in [6.45, 7) is 7.49. The molecule has 2 rings (SSSR count). The van der Waals surface area contributed by atoms with E-state index in [9.17, 15) is 26.6 Å². The van der Waals surface area contributed by atoms with Crippen molar-refractivity contribution in [2.24, 2.45) is 11.8 Å². The quantitative estimate of drug-likeness (QED) is 0.531. The molecule has 0 radical (unpaired) electrons. The lowest BCUT2D eigenvalue weighted by molar-refractivity contribution is -0.137. The molecule has 5 nitrogen and oxygen atoms in total. The summed E-state index contributed by atoms with van der Waals surface area (Å²) in [7, 11) is -2.83. The number of halogens is 4. The van der Waals surface area contributed by atoms with Crippen molar-refractivity contribution < 1.29 is 26.6 Å². The first kappa shape index (κ1) is 26.7. The Balaban J connectivity index is 1.77. The number of hydrogen-bond donors (Lipinski definition) is 2. The maximum absolute atomic E-state index is 13.5. The van der Waals surface area contributed by atoms with Crippen molar-refractivity contribution in [1.82, 2.24) is 14.9 Å². The molecule has 1 aliphatic heterocycles. The molecule has 1 heterocycles. The molecule has 1 fully saturated rings. The Morgan fingerprint density at radius 3 is 2.38 bits per heavy atom. The van der Waals surface area contributed by atoms with Crippen molar-refractivity contribution in [2.75, 3.05) is 51.0 Å². The van der Waals surface area contributed by atoms with Crippen LogP contribution in [0.5, 0.6) is 0 Å². The van der Waals surface area contributed by atoms with Crippen molar-refractivity contribution in [1.29, 1.82) is 0 Å². The second-order valence-electron chi connectivity index (χ2n) is 9.75. The van der Waals surface area contributed by atoms with Gasteiger partial charge in [-0.2, -0.15) is 13.2 Å². The average molecular weight is 482 g/mol. The van der Waals surface area contributed by atoms with Gasteiger partial charge in [-0.25, -0.2) is 4.39 Å². The molecule has 0 bridgehead atoms. The highest BCUT2D eigenvalue weighted by Crippen LogP contribution is 2.30. The Kier molecular flexibility index (Phi) is 8.50. The van der Waals surface area contributed by atoms with Crippen molar-refractivity contribution in [2.45, 2.75) is 32.9 Å². The third-order valence-electron chi connectivity index (χ3n) is 5.54. The van der Waals surface area contributed by atoms with Crippen LogP contribution in [0, 0.1) is 17.7 Å². The first-order chi connectivity index (χ1) is 14.6. The van der Waals surface area contributed by atoms with E-state index in [-0.39, 0.29) is 11.5 Å². The first-order valence-corrected chi connectivity index (χ1v) is 13.8. The maximum atomic E-state index is 13.5. The predicted molar refractivity (Wildman–Crippen MR) is 121 cm³/mol. The average Bonchev–Trinajstić information content (AvgIpc) is 2.64. The van der Waals surface area contributed by atoms with Gasteiger partial charge < -0.3 is 10.2 Å². The number of piperidine rings is 1. The van der Waals surface area contributed by atoms with Gasteiger partial charge in [0.05, 0.1) is 5.56 Å². The summed E-state index contributed by atoms with van der Waals surface area (Å²) in [5, 5.41) is 2.63. The second kappa shape index (κ2) is 10.2. The molecule has 1 saturated heterocycles. The van der Waals surface area contributed by atoms with Gasteiger partial charge in [-0.15, -0.1) is 0 Å². The van der Waals surface area contributed by atoms with Crippen molar-refractivity contribution >= 4 is 15.2 Å². The fraction of sp³-hybridized carbons (Fsp3) is 0.682. The van der Waals surface area contributed by atoms with E-state index < -0.39 is 32.7 Å². The smallest absolute Gasteiger partial charge is 0.352 e. The van der Waals surface area contributed by atoms with Crippen LogP contribution >= 0.6 is 0 Å². The summed E-state index contributed by atoms with van der Waals surface area (Å²) in [5.41, 5.74) is -1.51. The van der Waals surface area contributed by atoms with Gasteiger partial charge in [0.25, 0.3) is 5.91 Å². The van der Waals surface area contributed by atoms with Crippen molar-refractivity contribution in [3.8, 4) is 0 Å². The van der Waals surface area contributed by atoms with Crippen LogP contribution in [-0.2, 0) is 15.4 Å². The second-order valence-corrected chi connectivity index (χ2v) is 14.5. The summed E-state index contributed by atoms with van der Waals surface area (Å²) < 4.78 is 68.3. The number of amides is 1. The van der Waals surface area contributed by atoms with E-state index in [0.29, 0.717) is 36.9 Å². The Hall–Kier alpha value is -1.52. The molecule has 0 saturated carbocycles. The molecule has 2 N–H and O–H groups in total. The molecular formula is C22H35F4N3O2S.